The highest BCUT2D eigenvalue weighted by atomic mass is 16.3. The number of benzene rings is 1. The largest absolute Gasteiger partial charge is 0.396 e. The molecule has 0 radical (unpaired) electrons. The van der Waals surface area contributed by atoms with E-state index in [1.807, 2.05) is 38.1 Å². The fourth-order valence-corrected chi connectivity index (χ4v) is 3.12. The molecular formula is C18H23N5O3. The average molecular weight is 357 g/mol. The van der Waals surface area contributed by atoms with Gasteiger partial charge < -0.3 is 15.3 Å². The highest BCUT2D eigenvalue weighted by molar-refractivity contribution is 5.94. The predicted molar refractivity (Wildman–Crippen MR) is 97.3 cm³/mol. The molecule has 0 bridgehead atoms. The number of aliphatic hydroxyl groups excluding tert-OH is 1. The second kappa shape index (κ2) is 7.57. The number of nitrogens with zero attached hydrogens (tertiary/aromatic N) is 3. The van der Waals surface area contributed by atoms with Crippen LogP contribution in [0.5, 0.6) is 0 Å². The zero-order valence-electron chi connectivity index (χ0n) is 14.9. The Balaban J connectivity index is 1.86. The molecule has 0 aliphatic carbocycles. The number of carbonyl (C=O) groups is 2. The van der Waals surface area contributed by atoms with Crippen LogP contribution in [-0.2, 0) is 4.79 Å². The Labute approximate surface area is 151 Å². The number of aryl methyl sites for hydroxylation is 2. The number of hydrogen-bond acceptors (Lipinski definition) is 4. The van der Waals surface area contributed by atoms with Gasteiger partial charge in [0.1, 0.15) is 11.9 Å². The van der Waals surface area contributed by atoms with Gasteiger partial charge in [-0.25, -0.2) is 9.48 Å². The summed E-state index contributed by atoms with van der Waals surface area (Å²) in [7, 11) is 0. The molecule has 2 heterocycles. The molecule has 3 N–H and O–H groups in total. The smallest absolute Gasteiger partial charge is 0.323 e. The van der Waals surface area contributed by atoms with E-state index in [4.69, 9.17) is 0 Å². The third kappa shape index (κ3) is 3.55. The van der Waals surface area contributed by atoms with Crippen LogP contribution in [0.1, 0.15) is 17.7 Å². The summed E-state index contributed by atoms with van der Waals surface area (Å²) < 4.78 is 1.69. The summed E-state index contributed by atoms with van der Waals surface area (Å²) in [6.07, 6.45) is 0.204. The van der Waals surface area contributed by atoms with Crippen molar-refractivity contribution in [1.82, 2.24) is 20.0 Å². The monoisotopic (exact) mass is 357 g/mol. The topological polar surface area (TPSA) is 99.5 Å². The van der Waals surface area contributed by atoms with Crippen molar-refractivity contribution in [1.29, 1.82) is 0 Å². The van der Waals surface area contributed by atoms with Gasteiger partial charge in [0, 0.05) is 25.8 Å². The lowest BCUT2D eigenvalue weighted by Crippen LogP contribution is -2.58. The highest BCUT2D eigenvalue weighted by Gasteiger charge is 2.33. The molecule has 1 atom stereocenters. The van der Waals surface area contributed by atoms with Crippen molar-refractivity contribution >= 4 is 17.8 Å². The van der Waals surface area contributed by atoms with Gasteiger partial charge in [-0.1, -0.05) is 18.2 Å². The number of urea groups is 1. The zero-order valence-corrected chi connectivity index (χ0v) is 14.9. The third-order valence-electron chi connectivity index (χ3n) is 4.40. The SMILES string of the molecule is Cc1cc(NC(=O)N2CCNC(=O)C2CCO)n(-c2ccccc2C)n1. The highest BCUT2D eigenvalue weighted by Crippen LogP contribution is 2.21. The lowest BCUT2D eigenvalue weighted by Gasteiger charge is -2.34. The Kier molecular flexibility index (Phi) is 5.22. The van der Waals surface area contributed by atoms with Crippen molar-refractivity contribution in [2.45, 2.75) is 26.3 Å². The number of amides is 3. The van der Waals surface area contributed by atoms with E-state index in [9.17, 15) is 14.7 Å². The van der Waals surface area contributed by atoms with Crippen LogP contribution in [0.2, 0.25) is 0 Å². The van der Waals surface area contributed by atoms with Gasteiger partial charge in [-0.15, -0.1) is 0 Å². The molecule has 3 amide bonds. The molecule has 1 aromatic carbocycles. The van der Waals surface area contributed by atoms with Crippen molar-refractivity contribution in [3.05, 3.63) is 41.6 Å². The lowest BCUT2D eigenvalue weighted by molar-refractivity contribution is -0.128. The summed E-state index contributed by atoms with van der Waals surface area (Å²) in [5, 5.41) is 19.3. The minimum atomic E-state index is -0.676. The van der Waals surface area contributed by atoms with Gasteiger partial charge >= 0.3 is 6.03 Å². The second-order valence-electron chi connectivity index (χ2n) is 6.31. The number of hydrogen-bond donors (Lipinski definition) is 3. The Morgan fingerprint density at radius 2 is 2.15 bits per heavy atom. The minimum absolute atomic E-state index is 0.165. The maximum atomic E-state index is 12.8. The fourth-order valence-electron chi connectivity index (χ4n) is 3.12. The third-order valence-corrected chi connectivity index (χ3v) is 4.40. The van der Waals surface area contributed by atoms with Gasteiger partial charge in [-0.3, -0.25) is 10.1 Å². The van der Waals surface area contributed by atoms with Crippen LogP contribution >= 0.6 is 0 Å². The number of aromatic nitrogens is 2. The molecule has 1 aromatic heterocycles. The van der Waals surface area contributed by atoms with Crippen LogP contribution in [0, 0.1) is 13.8 Å². The van der Waals surface area contributed by atoms with Gasteiger partial charge in [0.2, 0.25) is 5.91 Å². The molecular weight excluding hydrogens is 334 g/mol. The number of rotatable bonds is 4. The molecule has 1 fully saturated rings. The first-order valence-electron chi connectivity index (χ1n) is 8.60. The molecule has 1 saturated heterocycles. The Hall–Kier alpha value is -2.87. The van der Waals surface area contributed by atoms with Crippen molar-refractivity contribution in [3.8, 4) is 5.69 Å². The first-order valence-corrected chi connectivity index (χ1v) is 8.60. The molecule has 0 spiro atoms. The summed E-state index contributed by atoms with van der Waals surface area (Å²) >= 11 is 0. The quantitative estimate of drug-likeness (QED) is 0.766. The Morgan fingerprint density at radius 1 is 1.38 bits per heavy atom. The first-order chi connectivity index (χ1) is 12.5. The molecule has 1 aliphatic rings. The van der Waals surface area contributed by atoms with E-state index in [1.165, 1.54) is 4.90 Å². The number of para-hydroxylation sites is 1. The van der Waals surface area contributed by atoms with E-state index in [0.29, 0.717) is 18.9 Å². The van der Waals surface area contributed by atoms with Gasteiger partial charge in [-0.05, 0) is 31.9 Å². The fraction of sp³-hybridized carbons (Fsp3) is 0.389. The Bertz CT molecular complexity index is 817. The summed E-state index contributed by atoms with van der Waals surface area (Å²) in [4.78, 5) is 26.3. The maximum Gasteiger partial charge on any atom is 0.323 e. The number of aliphatic hydroxyl groups is 1. The normalized spacial score (nSPS) is 17.1. The number of nitrogens with one attached hydrogen (secondary N) is 2. The molecule has 1 unspecified atom stereocenters. The van der Waals surface area contributed by atoms with E-state index in [0.717, 1.165) is 16.9 Å². The van der Waals surface area contributed by atoms with Crippen LogP contribution in [0.15, 0.2) is 30.3 Å². The summed E-state index contributed by atoms with van der Waals surface area (Å²) in [6, 6.07) is 8.49. The van der Waals surface area contributed by atoms with E-state index in [1.54, 1.807) is 10.7 Å². The van der Waals surface area contributed by atoms with Crippen LogP contribution in [0.4, 0.5) is 10.6 Å². The van der Waals surface area contributed by atoms with Gasteiger partial charge in [0.15, 0.2) is 0 Å². The van der Waals surface area contributed by atoms with Crippen molar-refractivity contribution in [2.75, 3.05) is 25.0 Å². The molecule has 8 heteroatoms. The molecule has 26 heavy (non-hydrogen) atoms. The van der Waals surface area contributed by atoms with E-state index >= 15 is 0 Å². The number of anilines is 1. The van der Waals surface area contributed by atoms with Crippen LogP contribution in [-0.4, -0.2) is 57.5 Å². The van der Waals surface area contributed by atoms with E-state index < -0.39 is 6.04 Å². The van der Waals surface area contributed by atoms with Gasteiger partial charge in [0.25, 0.3) is 0 Å². The van der Waals surface area contributed by atoms with Crippen molar-refractivity contribution in [3.63, 3.8) is 0 Å². The van der Waals surface area contributed by atoms with Crippen LogP contribution in [0.3, 0.4) is 0 Å². The zero-order chi connectivity index (χ0) is 18.7. The molecule has 3 rings (SSSR count). The first kappa shape index (κ1) is 17.9. The van der Waals surface area contributed by atoms with Crippen LogP contribution in [0.25, 0.3) is 5.69 Å². The molecule has 2 aromatic rings. The van der Waals surface area contributed by atoms with Crippen LogP contribution < -0.4 is 10.6 Å². The molecule has 138 valence electrons. The standard InChI is InChI=1S/C18H23N5O3/c1-12-5-3-4-6-14(12)23-16(11-13(2)21-23)20-18(26)22-9-8-19-17(25)15(22)7-10-24/h3-6,11,15,24H,7-10H2,1-2H3,(H,19,25)(H,20,26). The van der Waals surface area contributed by atoms with Crippen molar-refractivity contribution in [2.24, 2.45) is 0 Å². The minimum Gasteiger partial charge on any atom is -0.396 e. The molecule has 1 aliphatic heterocycles. The van der Waals surface area contributed by atoms with Gasteiger partial charge in [-0.2, -0.15) is 5.10 Å². The average Bonchev–Trinajstić information content (AvgIpc) is 2.97. The summed E-state index contributed by atoms with van der Waals surface area (Å²) in [5.74, 6) is 0.291. The summed E-state index contributed by atoms with van der Waals surface area (Å²) in [5.41, 5.74) is 2.67. The lowest BCUT2D eigenvalue weighted by atomic mass is 10.1. The second-order valence-corrected chi connectivity index (χ2v) is 6.31. The summed E-state index contributed by atoms with van der Waals surface area (Å²) in [6.45, 7) is 4.45. The predicted octanol–water partition coefficient (Wildman–Crippen LogP) is 1.20. The molecule has 0 saturated carbocycles. The van der Waals surface area contributed by atoms with E-state index in [2.05, 4.69) is 15.7 Å². The molecule has 8 nitrogen and oxygen atoms in total. The maximum absolute atomic E-state index is 12.8. The number of piperazine rings is 1. The Morgan fingerprint density at radius 3 is 2.88 bits per heavy atom. The van der Waals surface area contributed by atoms with Gasteiger partial charge in [0.05, 0.1) is 11.4 Å². The number of carbonyl (C=O) groups excluding carboxylic acids is 2. The van der Waals surface area contributed by atoms with Crippen molar-refractivity contribution < 1.29 is 14.7 Å². The van der Waals surface area contributed by atoms with E-state index in [-0.39, 0.29) is 25.0 Å².